The fraction of sp³-hybridized carbons (Fsp3) is 0.500. The third-order valence-electron chi connectivity index (χ3n) is 1.88. The quantitative estimate of drug-likeness (QED) is 0.795. The summed E-state index contributed by atoms with van der Waals surface area (Å²) >= 11 is 1.69. The molecule has 0 saturated heterocycles. The summed E-state index contributed by atoms with van der Waals surface area (Å²) in [6, 6.07) is 3.50. The number of furan rings is 1. The highest BCUT2D eigenvalue weighted by Crippen LogP contribution is 2.07. The summed E-state index contributed by atoms with van der Waals surface area (Å²) in [5, 5.41) is 2.84. The molecule has 0 radical (unpaired) electrons. The molecule has 0 aromatic carbocycles. The molecule has 0 aliphatic rings. The van der Waals surface area contributed by atoms with Crippen LogP contribution in [-0.2, 0) is 6.54 Å². The zero-order valence-corrected chi connectivity index (χ0v) is 9.76. The molecule has 1 atom stereocenters. The van der Waals surface area contributed by atoms with Gasteiger partial charge in [-0.05, 0) is 25.3 Å². The standard InChI is InChI=1S/C10H16N2O2S/c1-7(6-15-2)12-10(13)9-4-3-8(5-11)14-9/h3-4,7H,5-6,11H2,1-2H3,(H,12,13). The number of hydrogen-bond acceptors (Lipinski definition) is 4. The summed E-state index contributed by atoms with van der Waals surface area (Å²) in [6.45, 7) is 2.27. The number of rotatable bonds is 5. The maximum absolute atomic E-state index is 11.6. The predicted molar refractivity (Wildman–Crippen MR) is 61.9 cm³/mol. The first-order chi connectivity index (χ1) is 7.17. The van der Waals surface area contributed by atoms with Crippen LogP contribution in [0.15, 0.2) is 16.5 Å². The van der Waals surface area contributed by atoms with Gasteiger partial charge in [0.2, 0.25) is 0 Å². The fourth-order valence-corrected chi connectivity index (χ4v) is 1.78. The molecule has 1 rings (SSSR count). The molecule has 1 amide bonds. The van der Waals surface area contributed by atoms with Crippen molar-refractivity contribution in [1.82, 2.24) is 5.32 Å². The number of carbonyl (C=O) groups is 1. The lowest BCUT2D eigenvalue weighted by atomic mass is 10.3. The highest BCUT2D eigenvalue weighted by molar-refractivity contribution is 7.98. The minimum Gasteiger partial charge on any atom is -0.455 e. The van der Waals surface area contributed by atoms with Crippen LogP contribution >= 0.6 is 11.8 Å². The molecule has 1 aromatic heterocycles. The van der Waals surface area contributed by atoms with Crippen LogP contribution in [0.5, 0.6) is 0 Å². The average Bonchev–Trinajstić information content (AvgIpc) is 2.66. The van der Waals surface area contributed by atoms with Crippen LogP contribution in [-0.4, -0.2) is 24.0 Å². The van der Waals surface area contributed by atoms with Gasteiger partial charge in [0.1, 0.15) is 5.76 Å². The van der Waals surface area contributed by atoms with E-state index in [2.05, 4.69) is 5.32 Å². The first kappa shape index (κ1) is 12.1. The molecule has 0 aliphatic carbocycles. The Morgan fingerprint density at radius 1 is 1.67 bits per heavy atom. The van der Waals surface area contributed by atoms with Crippen molar-refractivity contribution >= 4 is 17.7 Å². The van der Waals surface area contributed by atoms with Gasteiger partial charge in [-0.25, -0.2) is 0 Å². The lowest BCUT2D eigenvalue weighted by Gasteiger charge is -2.10. The van der Waals surface area contributed by atoms with E-state index in [9.17, 15) is 4.79 Å². The Morgan fingerprint density at radius 3 is 2.93 bits per heavy atom. The van der Waals surface area contributed by atoms with E-state index >= 15 is 0 Å². The minimum absolute atomic E-state index is 0.138. The normalized spacial score (nSPS) is 12.5. The van der Waals surface area contributed by atoms with E-state index in [1.54, 1.807) is 23.9 Å². The summed E-state index contributed by atoms with van der Waals surface area (Å²) in [5.41, 5.74) is 5.38. The highest BCUT2D eigenvalue weighted by atomic mass is 32.2. The van der Waals surface area contributed by atoms with E-state index in [0.717, 1.165) is 5.75 Å². The molecule has 0 bridgehead atoms. The van der Waals surface area contributed by atoms with Crippen LogP contribution in [0.2, 0.25) is 0 Å². The van der Waals surface area contributed by atoms with E-state index < -0.39 is 0 Å². The molecule has 0 spiro atoms. The molecule has 0 fully saturated rings. The molecular weight excluding hydrogens is 212 g/mol. The number of thioether (sulfide) groups is 1. The molecule has 15 heavy (non-hydrogen) atoms. The van der Waals surface area contributed by atoms with Gasteiger partial charge >= 0.3 is 0 Å². The van der Waals surface area contributed by atoms with Crippen molar-refractivity contribution in [3.05, 3.63) is 23.7 Å². The third kappa shape index (κ3) is 3.60. The van der Waals surface area contributed by atoms with Gasteiger partial charge in [0.15, 0.2) is 5.76 Å². The van der Waals surface area contributed by atoms with E-state index in [-0.39, 0.29) is 11.9 Å². The first-order valence-corrected chi connectivity index (χ1v) is 6.15. The number of hydrogen-bond donors (Lipinski definition) is 2. The van der Waals surface area contributed by atoms with E-state index in [1.165, 1.54) is 0 Å². The van der Waals surface area contributed by atoms with Crippen molar-refractivity contribution in [3.63, 3.8) is 0 Å². The second-order valence-electron chi connectivity index (χ2n) is 3.30. The summed E-state index contributed by atoms with van der Waals surface area (Å²) in [5.74, 6) is 1.65. The van der Waals surface area contributed by atoms with Gasteiger partial charge in [-0.3, -0.25) is 4.79 Å². The third-order valence-corrected chi connectivity index (χ3v) is 2.71. The summed E-state index contributed by atoms with van der Waals surface area (Å²) in [7, 11) is 0. The number of nitrogens with two attached hydrogens (primary N) is 1. The average molecular weight is 228 g/mol. The lowest BCUT2D eigenvalue weighted by Crippen LogP contribution is -2.33. The fourth-order valence-electron chi connectivity index (χ4n) is 1.20. The van der Waals surface area contributed by atoms with Crippen molar-refractivity contribution < 1.29 is 9.21 Å². The SMILES string of the molecule is CSCC(C)NC(=O)c1ccc(CN)o1. The molecule has 3 N–H and O–H groups in total. The van der Waals surface area contributed by atoms with Crippen LogP contribution in [0.25, 0.3) is 0 Å². The molecular formula is C10H16N2O2S. The second-order valence-corrected chi connectivity index (χ2v) is 4.21. The number of nitrogens with one attached hydrogen (secondary N) is 1. The minimum atomic E-state index is -0.184. The monoisotopic (exact) mass is 228 g/mol. The summed E-state index contributed by atoms with van der Waals surface area (Å²) < 4.78 is 5.23. The maximum atomic E-state index is 11.6. The van der Waals surface area contributed by atoms with Gasteiger partial charge in [0.05, 0.1) is 6.54 Å². The summed E-state index contributed by atoms with van der Waals surface area (Å²) in [6.07, 6.45) is 2.00. The van der Waals surface area contributed by atoms with Gasteiger partial charge < -0.3 is 15.5 Å². The first-order valence-electron chi connectivity index (χ1n) is 4.76. The molecule has 1 heterocycles. The highest BCUT2D eigenvalue weighted by Gasteiger charge is 2.12. The topological polar surface area (TPSA) is 68.3 Å². The predicted octanol–water partition coefficient (Wildman–Crippen LogP) is 1.22. The molecule has 0 saturated carbocycles. The molecule has 1 unspecified atom stereocenters. The largest absolute Gasteiger partial charge is 0.455 e. The van der Waals surface area contributed by atoms with Gasteiger partial charge in [-0.15, -0.1) is 0 Å². The Hall–Kier alpha value is -0.940. The Labute approximate surface area is 93.6 Å². The molecule has 5 heteroatoms. The van der Waals surface area contributed by atoms with Crippen molar-refractivity contribution in [2.24, 2.45) is 5.73 Å². The molecule has 4 nitrogen and oxygen atoms in total. The Morgan fingerprint density at radius 2 is 2.40 bits per heavy atom. The number of carbonyl (C=O) groups excluding carboxylic acids is 1. The van der Waals surface area contributed by atoms with Crippen LogP contribution in [0.4, 0.5) is 0 Å². The van der Waals surface area contributed by atoms with E-state index in [1.807, 2.05) is 13.2 Å². The van der Waals surface area contributed by atoms with E-state index in [0.29, 0.717) is 18.1 Å². The molecule has 1 aromatic rings. The van der Waals surface area contributed by atoms with Crippen molar-refractivity contribution in [2.45, 2.75) is 19.5 Å². The van der Waals surface area contributed by atoms with Crippen molar-refractivity contribution in [3.8, 4) is 0 Å². The van der Waals surface area contributed by atoms with Gasteiger partial charge in [-0.1, -0.05) is 0 Å². The summed E-state index contributed by atoms with van der Waals surface area (Å²) in [4.78, 5) is 11.6. The zero-order valence-electron chi connectivity index (χ0n) is 8.95. The van der Waals surface area contributed by atoms with E-state index in [4.69, 9.17) is 10.2 Å². The maximum Gasteiger partial charge on any atom is 0.287 e. The van der Waals surface area contributed by atoms with Crippen LogP contribution in [0.3, 0.4) is 0 Å². The Kier molecular flexibility index (Phi) is 4.71. The Bertz CT molecular complexity index is 325. The van der Waals surface area contributed by atoms with Crippen LogP contribution in [0, 0.1) is 0 Å². The lowest BCUT2D eigenvalue weighted by molar-refractivity contribution is 0.0914. The smallest absolute Gasteiger partial charge is 0.287 e. The van der Waals surface area contributed by atoms with Gasteiger partial charge in [0, 0.05) is 11.8 Å². The number of amides is 1. The van der Waals surface area contributed by atoms with Crippen LogP contribution in [0.1, 0.15) is 23.2 Å². The molecule has 84 valence electrons. The zero-order chi connectivity index (χ0) is 11.3. The second kappa shape index (κ2) is 5.82. The van der Waals surface area contributed by atoms with Crippen molar-refractivity contribution in [1.29, 1.82) is 0 Å². The molecule has 0 aliphatic heterocycles. The Balaban J connectivity index is 2.53. The van der Waals surface area contributed by atoms with Gasteiger partial charge in [0.25, 0.3) is 5.91 Å². The van der Waals surface area contributed by atoms with Gasteiger partial charge in [-0.2, -0.15) is 11.8 Å². The van der Waals surface area contributed by atoms with Crippen molar-refractivity contribution in [2.75, 3.05) is 12.0 Å². The van der Waals surface area contributed by atoms with Crippen LogP contribution < -0.4 is 11.1 Å².